The normalized spacial score (nSPS) is 12.1. The summed E-state index contributed by atoms with van der Waals surface area (Å²) < 4.78 is 5.59. The Hall–Kier alpha value is -3.32. The molecule has 30 heavy (non-hydrogen) atoms. The quantitative estimate of drug-likeness (QED) is 0.468. The molecule has 0 bridgehead atoms. The maximum atomic E-state index is 12.8. The van der Waals surface area contributed by atoms with Crippen LogP contribution in [-0.4, -0.2) is 20.9 Å². The minimum absolute atomic E-state index is 0.259. The second-order valence-corrected chi connectivity index (χ2v) is 8.00. The molecule has 0 radical (unpaired) electrons. The monoisotopic (exact) mass is 419 g/mol. The molecule has 1 atom stereocenters. The van der Waals surface area contributed by atoms with Crippen molar-refractivity contribution in [3.8, 4) is 10.6 Å². The van der Waals surface area contributed by atoms with Crippen molar-refractivity contribution in [3.05, 3.63) is 80.8 Å². The number of rotatable bonds is 5. The number of para-hydroxylation sites is 1. The molecule has 152 valence electrons. The van der Waals surface area contributed by atoms with Crippen molar-refractivity contribution in [2.45, 2.75) is 33.3 Å². The summed E-state index contributed by atoms with van der Waals surface area (Å²) in [5.74, 6) is -0.172. The Labute approximate surface area is 177 Å². The fourth-order valence-corrected chi connectivity index (χ4v) is 4.11. The lowest BCUT2D eigenvalue weighted by atomic mass is 10.1. The first-order valence-electron chi connectivity index (χ1n) is 9.73. The van der Waals surface area contributed by atoms with Crippen LogP contribution < -0.4 is 5.56 Å². The van der Waals surface area contributed by atoms with E-state index in [9.17, 15) is 9.59 Å². The van der Waals surface area contributed by atoms with Gasteiger partial charge in [-0.25, -0.2) is 14.8 Å². The van der Waals surface area contributed by atoms with E-state index in [4.69, 9.17) is 4.74 Å². The van der Waals surface area contributed by atoms with Crippen molar-refractivity contribution in [1.82, 2.24) is 15.0 Å². The van der Waals surface area contributed by atoms with Crippen LogP contribution in [0.3, 0.4) is 0 Å². The van der Waals surface area contributed by atoms with Gasteiger partial charge in [-0.05, 0) is 38.0 Å². The molecular weight excluding hydrogens is 398 g/mol. The number of carbonyl (C=O) groups excluding carboxylic acids is 1. The molecule has 0 saturated heterocycles. The number of carbonyl (C=O) groups is 1. The zero-order valence-corrected chi connectivity index (χ0v) is 17.7. The zero-order valence-electron chi connectivity index (χ0n) is 16.9. The Balaban J connectivity index is 1.56. The van der Waals surface area contributed by atoms with Gasteiger partial charge in [-0.1, -0.05) is 43.3 Å². The molecular formula is C23H21N3O3S. The van der Waals surface area contributed by atoms with Gasteiger partial charge in [-0.3, -0.25) is 4.79 Å². The largest absolute Gasteiger partial charge is 0.450 e. The Morgan fingerprint density at radius 3 is 2.60 bits per heavy atom. The van der Waals surface area contributed by atoms with Crippen LogP contribution >= 0.6 is 11.3 Å². The van der Waals surface area contributed by atoms with Crippen LogP contribution in [0.25, 0.3) is 21.5 Å². The summed E-state index contributed by atoms with van der Waals surface area (Å²) >= 11 is 1.30. The number of ether oxygens (including phenoxy) is 1. The molecule has 6 nitrogen and oxygen atoms in total. The topological polar surface area (TPSA) is 84.9 Å². The van der Waals surface area contributed by atoms with Gasteiger partial charge < -0.3 is 9.72 Å². The Bertz CT molecular complexity index is 1280. The number of hydrogen-bond acceptors (Lipinski definition) is 6. The van der Waals surface area contributed by atoms with Gasteiger partial charge in [0.25, 0.3) is 5.56 Å². The summed E-state index contributed by atoms with van der Waals surface area (Å²) in [6.45, 7) is 5.58. The number of fused-ring (bicyclic) bond motifs is 1. The van der Waals surface area contributed by atoms with Gasteiger partial charge in [0.2, 0.25) is 0 Å². The van der Waals surface area contributed by atoms with Gasteiger partial charge in [0, 0.05) is 5.56 Å². The summed E-state index contributed by atoms with van der Waals surface area (Å²) in [7, 11) is 0. The van der Waals surface area contributed by atoms with E-state index in [0.717, 1.165) is 17.0 Å². The molecule has 0 aliphatic rings. The summed E-state index contributed by atoms with van der Waals surface area (Å²) in [5.41, 5.74) is 3.13. The van der Waals surface area contributed by atoms with Crippen molar-refractivity contribution >= 4 is 28.2 Å². The number of thiazole rings is 1. The average molecular weight is 420 g/mol. The smallest absolute Gasteiger partial charge is 0.350 e. The van der Waals surface area contributed by atoms with E-state index in [1.807, 2.05) is 18.2 Å². The van der Waals surface area contributed by atoms with Crippen LogP contribution in [0.2, 0.25) is 0 Å². The molecule has 1 N–H and O–H groups in total. The van der Waals surface area contributed by atoms with Gasteiger partial charge in [-0.2, -0.15) is 0 Å². The van der Waals surface area contributed by atoms with Crippen LogP contribution in [0.1, 0.15) is 46.7 Å². The van der Waals surface area contributed by atoms with Gasteiger partial charge in [0.15, 0.2) is 11.9 Å². The maximum Gasteiger partial charge on any atom is 0.350 e. The molecule has 2 aromatic heterocycles. The predicted octanol–water partition coefficient (Wildman–Crippen LogP) is 4.84. The molecule has 0 saturated carbocycles. The third-order valence-electron chi connectivity index (χ3n) is 4.89. The minimum atomic E-state index is -0.705. The molecule has 0 fully saturated rings. The number of nitrogens with zero attached hydrogens (tertiary/aromatic N) is 2. The Morgan fingerprint density at radius 2 is 1.87 bits per heavy atom. The van der Waals surface area contributed by atoms with E-state index >= 15 is 0 Å². The molecule has 2 aromatic carbocycles. The van der Waals surface area contributed by atoms with E-state index in [2.05, 4.69) is 34.0 Å². The van der Waals surface area contributed by atoms with Crippen molar-refractivity contribution < 1.29 is 9.53 Å². The summed E-state index contributed by atoms with van der Waals surface area (Å²) in [6.07, 6.45) is 0.265. The van der Waals surface area contributed by atoms with Gasteiger partial charge in [0.1, 0.15) is 9.88 Å². The number of hydrogen-bond donors (Lipinski definition) is 1. The zero-order chi connectivity index (χ0) is 21.3. The highest BCUT2D eigenvalue weighted by molar-refractivity contribution is 7.17. The molecule has 2 heterocycles. The third-order valence-corrected chi connectivity index (χ3v) is 6.08. The summed E-state index contributed by atoms with van der Waals surface area (Å²) in [6, 6.07) is 15.2. The lowest BCUT2D eigenvalue weighted by Gasteiger charge is -2.12. The summed E-state index contributed by atoms with van der Waals surface area (Å²) in [5, 5.41) is 1.27. The molecule has 0 spiro atoms. The maximum absolute atomic E-state index is 12.8. The molecule has 0 aliphatic carbocycles. The number of nitrogens with one attached hydrogen (secondary N) is 1. The van der Waals surface area contributed by atoms with Crippen LogP contribution in [0, 0.1) is 6.92 Å². The Kier molecular flexibility index (Phi) is 5.46. The number of aromatic nitrogens is 3. The highest BCUT2D eigenvalue weighted by Gasteiger charge is 2.22. The predicted molar refractivity (Wildman–Crippen MR) is 118 cm³/mol. The number of esters is 1. The molecule has 4 rings (SSSR count). The number of aryl methyl sites for hydroxylation is 2. The van der Waals surface area contributed by atoms with Crippen LogP contribution in [0.4, 0.5) is 0 Å². The van der Waals surface area contributed by atoms with Gasteiger partial charge in [0.05, 0.1) is 16.6 Å². The average Bonchev–Trinajstić information content (AvgIpc) is 3.15. The van der Waals surface area contributed by atoms with Crippen LogP contribution in [-0.2, 0) is 11.2 Å². The fourth-order valence-electron chi connectivity index (χ4n) is 3.16. The molecule has 0 amide bonds. The standard InChI is InChI=1S/C23H21N3O3S/c1-4-15-9-11-16(12-10-15)22-24-13(2)19(30-22)23(28)29-14(3)20-25-18-8-6-5-7-17(18)21(27)26-20/h5-12,14H,4H2,1-3H3,(H,25,26,27)/t14-/m1/s1. The van der Waals surface area contributed by atoms with Crippen LogP contribution in [0.5, 0.6) is 0 Å². The molecule has 0 aliphatic heterocycles. The molecule has 0 unspecified atom stereocenters. The Morgan fingerprint density at radius 1 is 1.13 bits per heavy atom. The van der Waals surface area contributed by atoms with Crippen LogP contribution in [0.15, 0.2) is 53.3 Å². The molecule has 4 aromatic rings. The number of H-pyrrole nitrogens is 1. The third kappa shape index (κ3) is 3.89. The van der Waals surface area contributed by atoms with E-state index in [-0.39, 0.29) is 5.56 Å². The lowest BCUT2D eigenvalue weighted by Crippen LogP contribution is -2.17. The van der Waals surface area contributed by atoms with Crippen molar-refractivity contribution in [2.75, 3.05) is 0 Å². The van der Waals surface area contributed by atoms with Gasteiger partial charge >= 0.3 is 5.97 Å². The second kappa shape index (κ2) is 8.20. The van der Waals surface area contributed by atoms with Crippen molar-refractivity contribution in [1.29, 1.82) is 0 Å². The molecule has 7 heteroatoms. The first-order chi connectivity index (χ1) is 14.5. The lowest BCUT2D eigenvalue weighted by molar-refractivity contribution is 0.0325. The van der Waals surface area contributed by atoms with E-state index in [0.29, 0.717) is 27.3 Å². The highest BCUT2D eigenvalue weighted by atomic mass is 32.1. The number of aromatic amines is 1. The van der Waals surface area contributed by atoms with Gasteiger partial charge in [-0.15, -0.1) is 11.3 Å². The van der Waals surface area contributed by atoms with E-state index < -0.39 is 12.1 Å². The highest BCUT2D eigenvalue weighted by Crippen LogP contribution is 2.30. The van der Waals surface area contributed by atoms with E-state index in [1.54, 1.807) is 32.0 Å². The fraction of sp³-hybridized carbons (Fsp3) is 0.217. The number of benzene rings is 2. The van der Waals surface area contributed by atoms with Crippen molar-refractivity contribution in [3.63, 3.8) is 0 Å². The SMILES string of the molecule is CCc1ccc(-c2nc(C)c(C(=O)O[C@H](C)c3nc4ccccc4c(=O)[nH]3)s2)cc1. The van der Waals surface area contributed by atoms with E-state index in [1.165, 1.54) is 16.9 Å². The first-order valence-corrected chi connectivity index (χ1v) is 10.5. The van der Waals surface area contributed by atoms with Crippen molar-refractivity contribution in [2.24, 2.45) is 0 Å². The summed E-state index contributed by atoms with van der Waals surface area (Å²) in [4.78, 5) is 37.2. The second-order valence-electron chi connectivity index (χ2n) is 7.00. The first kappa shape index (κ1) is 20.0. The minimum Gasteiger partial charge on any atom is -0.450 e.